The molecular weight excluding hydrogens is 338 g/mol. The number of anilines is 1. The Balaban J connectivity index is 1.79. The second-order valence-electron chi connectivity index (χ2n) is 5.72. The zero-order chi connectivity index (χ0) is 19.1. The average molecular weight is 357 g/mol. The summed E-state index contributed by atoms with van der Waals surface area (Å²) in [4.78, 5) is 12.6. The Morgan fingerprint density at radius 1 is 0.815 bits per heavy atom. The maximum absolute atomic E-state index is 12.6. The van der Waals surface area contributed by atoms with E-state index < -0.39 is 0 Å². The molecule has 0 unspecified atom stereocenters. The highest BCUT2D eigenvalue weighted by atomic mass is 16.5. The van der Waals surface area contributed by atoms with Crippen LogP contribution in [0.2, 0.25) is 0 Å². The number of carbonyl (C=O) groups is 1. The summed E-state index contributed by atoms with van der Waals surface area (Å²) in [5.41, 5.74) is 2.85. The molecule has 3 aromatic rings. The highest BCUT2D eigenvalue weighted by Crippen LogP contribution is 2.25. The van der Waals surface area contributed by atoms with Crippen molar-refractivity contribution in [1.82, 2.24) is 0 Å². The molecule has 0 bridgehead atoms. The van der Waals surface area contributed by atoms with Crippen LogP contribution in [0.3, 0.4) is 0 Å². The minimum absolute atomic E-state index is 0.261. The second-order valence-corrected chi connectivity index (χ2v) is 5.72. The summed E-state index contributed by atoms with van der Waals surface area (Å²) in [6.07, 6.45) is 0. The number of rotatable bonds is 4. The molecule has 0 heterocycles. The lowest BCUT2D eigenvalue weighted by Gasteiger charge is -2.11. The fraction of sp³-hybridized carbons (Fsp3) is 0.0870. The van der Waals surface area contributed by atoms with Crippen LogP contribution in [0.15, 0.2) is 72.8 Å². The molecule has 0 aliphatic carbocycles. The van der Waals surface area contributed by atoms with Crippen molar-refractivity contribution >= 4 is 11.6 Å². The van der Waals surface area contributed by atoms with Crippen molar-refractivity contribution in [3.63, 3.8) is 0 Å². The van der Waals surface area contributed by atoms with Gasteiger partial charge in [-0.25, -0.2) is 0 Å². The summed E-state index contributed by atoms with van der Waals surface area (Å²) in [5, 5.41) is 2.88. The number of methoxy groups -OCH3 is 2. The summed E-state index contributed by atoms with van der Waals surface area (Å²) in [5.74, 6) is 7.03. The Kier molecular flexibility index (Phi) is 5.76. The monoisotopic (exact) mass is 357 g/mol. The van der Waals surface area contributed by atoms with Crippen LogP contribution in [0.5, 0.6) is 11.5 Å². The number of amides is 1. The van der Waals surface area contributed by atoms with Gasteiger partial charge in [0.2, 0.25) is 0 Å². The van der Waals surface area contributed by atoms with Gasteiger partial charge in [0.05, 0.1) is 19.8 Å². The van der Waals surface area contributed by atoms with E-state index in [4.69, 9.17) is 9.47 Å². The first kappa shape index (κ1) is 18.1. The maximum Gasteiger partial charge on any atom is 0.259 e. The number of benzene rings is 3. The molecule has 0 spiro atoms. The van der Waals surface area contributed by atoms with Crippen molar-refractivity contribution in [3.8, 4) is 23.3 Å². The minimum atomic E-state index is -0.261. The molecule has 4 nitrogen and oxygen atoms in total. The Hall–Kier alpha value is -3.71. The summed E-state index contributed by atoms with van der Waals surface area (Å²) in [6, 6.07) is 22.2. The number of carbonyl (C=O) groups excluding carboxylic acids is 1. The molecule has 0 saturated carbocycles. The number of ether oxygens (including phenoxy) is 2. The van der Waals surface area contributed by atoms with Gasteiger partial charge in [0.25, 0.3) is 5.91 Å². The lowest BCUT2D eigenvalue weighted by Crippen LogP contribution is -2.13. The van der Waals surface area contributed by atoms with Crippen LogP contribution in [0.4, 0.5) is 5.69 Å². The van der Waals surface area contributed by atoms with Gasteiger partial charge in [-0.05, 0) is 42.5 Å². The predicted molar refractivity (Wildman–Crippen MR) is 106 cm³/mol. The third-order valence-electron chi connectivity index (χ3n) is 3.90. The van der Waals surface area contributed by atoms with E-state index >= 15 is 0 Å². The molecule has 0 radical (unpaired) electrons. The van der Waals surface area contributed by atoms with Crippen molar-refractivity contribution in [2.24, 2.45) is 0 Å². The summed E-state index contributed by atoms with van der Waals surface area (Å²) in [6.45, 7) is 0. The van der Waals surface area contributed by atoms with Crippen LogP contribution in [-0.2, 0) is 0 Å². The summed E-state index contributed by atoms with van der Waals surface area (Å²) in [7, 11) is 3.09. The largest absolute Gasteiger partial charge is 0.497 e. The van der Waals surface area contributed by atoms with Crippen molar-refractivity contribution in [2.75, 3.05) is 19.5 Å². The van der Waals surface area contributed by atoms with Crippen molar-refractivity contribution in [2.45, 2.75) is 0 Å². The van der Waals surface area contributed by atoms with Gasteiger partial charge in [0.1, 0.15) is 11.5 Å². The number of nitrogens with one attached hydrogen (secondary N) is 1. The van der Waals surface area contributed by atoms with Crippen molar-refractivity contribution < 1.29 is 14.3 Å². The van der Waals surface area contributed by atoms with Gasteiger partial charge in [-0.1, -0.05) is 36.1 Å². The van der Waals surface area contributed by atoms with Gasteiger partial charge in [-0.3, -0.25) is 4.79 Å². The highest BCUT2D eigenvalue weighted by molar-refractivity contribution is 6.06. The molecule has 4 heteroatoms. The molecule has 0 saturated heterocycles. The number of hydrogen-bond acceptors (Lipinski definition) is 3. The zero-order valence-corrected chi connectivity index (χ0v) is 15.2. The topological polar surface area (TPSA) is 47.6 Å². The lowest BCUT2D eigenvalue weighted by atomic mass is 10.1. The van der Waals surface area contributed by atoms with E-state index in [9.17, 15) is 4.79 Å². The predicted octanol–water partition coefficient (Wildman–Crippen LogP) is 4.36. The first-order valence-corrected chi connectivity index (χ1v) is 8.40. The average Bonchev–Trinajstić information content (AvgIpc) is 2.72. The first-order valence-electron chi connectivity index (χ1n) is 8.40. The van der Waals surface area contributed by atoms with Gasteiger partial charge in [0.15, 0.2) is 0 Å². The molecule has 3 rings (SSSR count). The molecule has 0 aliphatic heterocycles. The molecule has 3 aromatic carbocycles. The first-order chi connectivity index (χ1) is 13.2. The van der Waals surface area contributed by atoms with Crippen LogP contribution < -0.4 is 14.8 Å². The van der Waals surface area contributed by atoms with Gasteiger partial charge >= 0.3 is 0 Å². The Morgan fingerprint density at radius 2 is 1.56 bits per heavy atom. The summed E-state index contributed by atoms with van der Waals surface area (Å²) < 4.78 is 10.5. The van der Waals surface area contributed by atoms with Crippen LogP contribution in [0.25, 0.3) is 0 Å². The molecule has 1 amide bonds. The van der Waals surface area contributed by atoms with Gasteiger partial charge in [0, 0.05) is 22.9 Å². The van der Waals surface area contributed by atoms with Gasteiger partial charge in [-0.2, -0.15) is 0 Å². The smallest absolute Gasteiger partial charge is 0.259 e. The van der Waals surface area contributed by atoms with Crippen LogP contribution >= 0.6 is 0 Å². The van der Waals surface area contributed by atoms with Crippen LogP contribution in [-0.4, -0.2) is 20.1 Å². The molecule has 27 heavy (non-hydrogen) atoms. The molecular formula is C23H19NO3. The standard InChI is InChI=1S/C23H19NO3/c1-26-20-13-14-21(22(16-20)27-2)23(25)24-19-10-6-9-18(15-19)12-11-17-7-4-3-5-8-17/h3-10,13-16H,1-2H3,(H,24,25). The van der Waals surface area contributed by atoms with Crippen LogP contribution in [0.1, 0.15) is 21.5 Å². The van der Waals surface area contributed by atoms with Crippen molar-refractivity contribution in [1.29, 1.82) is 0 Å². The molecule has 0 atom stereocenters. The van der Waals surface area contributed by atoms with E-state index in [1.54, 1.807) is 25.3 Å². The van der Waals surface area contributed by atoms with Crippen LogP contribution in [0, 0.1) is 11.8 Å². The third-order valence-corrected chi connectivity index (χ3v) is 3.90. The second kappa shape index (κ2) is 8.59. The molecule has 0 aromatic heterocycles. The van der Waals surface area contributed by atoms with Crippen molar-refractivity contribution in [3.05, 3.63) is 89.5 Å². The minimum Gasteiger partial charge on any atom is -0.497 e. The SMILES string of the molecule is COc1ccc(C(=O)Nc2cccc(C#Cc3ccccc3)c2)c(OC)c1. The highest BCUT2D eigenvalue weighted by Gasteiger charge is 2.13. The number of hydrogen-bond donors (Lipinski definition) is 1. The summed E-state index contributed by atoms with van der Waals surface area (Å²) >= 11 is 0. The molecule has 0 fully saturated rings. The zero-order valence-electron chi connectivity index (χ0n) is 15.2. The molecule has 0 aliphatic rings. The fourth-order valence-corrected chi connectivity index (χ4v) is 2.53. The Bertz CT molecular complexity index is 1000. The van der Waals surface area contributed by atoms with E-state index in [1.807, 2.05) is 54.6 Å². The quantitative estimate of drug-likeness (QED) is 0.706. The molecule has 1 N–H and O–H groups in total. The van der Waals surface area contributed by atoms with E-state index in [1.165, 1.54) is 7.11 Å². The normalized spacial score (nSPS) is 9.70. The van der Waals surface area contributed by atoms with Gasteiger partial charge < -0.3 is 14.8 Å². The fourth-order valence-electron chi connectivity index (χ4n) is 2.53. The maximum atomic E-state index is 12.6. The third kappa shape index (κ3) is 4.68. The van der Waals surface area contributed by atoms with E-state index in [2.05, 4.69) is 17.2 Å². The van der Waals surface area contributed by atoms with Gasteiger partial charge in [-0.15, -0.1) is 0 Å². The lowest BCUT2D eigenvalue weighted by molar-refractivity contribution is 0.102. The van der Waals surface area contributed by atoms with E-state index in [-0.39, 0.29) is 5.91 Å². The Labute approximate surface area is 158 Å². The Morgan fingerprint density at radius 3 is 2.30 bits per heavy atom. The van der Waals surface area contributed by atoms with E-state index in [0.717, 1.165) is 11.1 Å². The molecule has 134 valence electrons. The van der Waals surface area contributed by atoms with E-state index in [0.29, 0.717) is 22.7 Å².